The zero-order chi connectivity index (χ0) is 21.9. The molecule has 6 unspecified atom stereocenters. The highest BCUT2D eigenvalue weighted by molar-refractivity contribution is 6.30. The maximum absolute atomic E-state index is 12.8. The van der Waals surface area contributed by atoms with Crippen molar-refractivity contribution in [3.05, 3.63) is 22.4 Å². The predicted molar refractivity (Wildman–Crippen MR) is 117 cm³/mol. The Morgan fingerprint density at radius 1 is 1.13 bits per heavy atom. The number of fused-ring (bicyclic) bond motifs is 5. The lowest BCUT2D eigenvalue weighted by Crippen LogP contribution is -2.58. The molecule has 0 aliphatic heterocycles. The summed E-state index contributed by atoms with van der Waals surface area (Å²) >= 11 is 6.95. The number of ether oxygens (including phenoxy) is 2. The summed E-state index contributed by atoms with van der Waals surface area (Å²) in [6.45, 7) is 10.3. The summed E-state index contributed by atoms with van der Waals surface area (Å²) < 4.78 is 11.7. The van der Waals surface area contributed by atoms with Gasteiger partial charge < -0.3 is 9.47 Å². The minimum atomic E-state index is -0.986. The number of rotatable bonds is 4. The summed E-state index contributed by atoms with van der Waals surface area (Å²) in [5, 5.41) is 0.952. The number of allylic oxidation sites excluding steroid dienone is 4. The van der Waals surface area contributed by atoms with E-state index in [2.05, 4.69) is 19.9 Å². The molecule has 0 spiro atoms. The molecule has 0 amide bonds. The number of halogens is 1. The van der Waals surface area contributed by atoms with Crippen LogP contribution in [0.3, 0.4) is 0 Å². The summed E-state index contributed by atoms with van der Waals surface area (Å²) in [5.74, 6) is 1.98. The van der Waals surface area contributed by atoms with Gasteiger partial charge in [0.25, 0.3) is 0 Å². The van der Waals surface area contributed by atoms with Crippen LogP contribution in [0.25, 0.3) is 0 Å². The number of carbonyl (C=O) groups excluding carboxylic acids is 2. The van der Waals surface area contributed by atoms with E-state index in [1.54, 1.807) is 6.92 Å². The highest BCUT2D eigenvalue weighted by atomic mass is 35.5. The smallest absolute Gasteiger partial charge is 0.303 e. The number of hydrogen-bond acceptors (Lipinski definition) is 4. The van der Waals surface area contributed by atoms with Crippen molar-refractivity contribution in [2.75, 3.05) is 6.61 Å². The van der Waals surface area contributed by atoms with Crippen LogP contribution in [0.4, 0.5) is 0 Å². The van der Waals surface area contributed by atoms with E-state index in [-0.39, 0.29) is 22.6 Å². The molecule has 0 aromatic carbocycles. The average molecular weight is 435 g/mol. The zero-order valence-electron chi connectivity index (χ0n) is 19.0. The second kappa shape index (κ2) is 7.39. The molecule has 5 heteroatoms. The maximum Gasteiger partial charge on any atom is 0.303 e. The molecule has 0 aromatic rings. The van der Waals surface area contributed by atoms with Gasteiger partial charge in [0.2, 0.25) is 0 Å². The molecule has 4 aliphatic rings. The van der Waals surface area contributed by atoms with Gasteiger partial charge in [-0.25, -0.2) is 0 Å². The number of ketones is 1. The second-order valence-corrected chi connectivity index (χ2v) is 10.8. The van der Waals surface area contributed by atoms with Crippen molar-refractivity contribution in [3.63, 3.8) is 0 Å². The molecular weight excluding hydrogens is 400 g/mol. The number of esters is 1. The molecule has 2 saturated carbocycles. The number of hydrogen-bond donors (Lipinski definition) is 0. The van der Waals surface area contributed by atoms with Crippen LogP contribution >= 0.6 is 11.6 Å². The predicted octanol–water partition coefficient (Wildman–Crippen LogP) is 5.94. The molecule has 30 heavy (non-hydrogen) atoms. The van der Waals surface area contributed by atoms with Crippen molar-refractivity contribution in [2.24, 2.45) is 28.6 Å². The van der Waals surface area contributed by atoms with Gasteiger partial charge in [0, 0.05) is 23.8 Å². The summed E-state index contributed by atoms with van der Waals surface area (Å²) in [4.78, 5) is 24.8. The van der Waals surface area contributed by atoms with Crippen molar-refractivity contribution in [2.45, 2.75) is 85.2 Å². The molecule has 0 heterocycles. The Morgan fingerprint density at radius 3 is 2.47 bits per heavy atom. The minimum absolute atomic E-state index is 0.00699. The molecule has 4 nitrogen and oxygen atoms in total. The Kier molecular flexibility index (Phi) is 5.40. The minimum Gasteiger partial charge on any atom is -0.498 e. The third-order valence-corrected chi connectivity index (χ3v) is 9.47. The third-order valence-electron chi connectivity index (χ3n) is 9.11. The fourth-order valence-corrected chi connectivity index (χ4v) is 8.18. The molecule has 0 N–H and O–H groups in total. The van der Waals surface area contributed by atoms with Gasteiger partial charge in [0.1, 0.15) is 0 Å². The lowest BCUT2D eigenvalue weighted by Gasteiger charge is -2.58. The van der Waals surface area contributed by atoms with Crippen molar-refractivity contribution < 1.29 is 19.1 Å². The van der Waals surface area contributed by atoms with Gasteiger partial charge in [-0.15, -0.1) is 0 Å². The summed E-state index contributed by atoms with van der Waals surface area (Å²) in [5.41, 5.74) is 0.00252. The molecular formula is C25H35ClO4. The molecule has 0 radical (unpaired) electrons. The number of carbonyl (C=O) groups is 2. The Labute approximate surface area is 185 Å². The molecule has 166 valence electrons. The number of Topliss-reactive ketones (excluding diaryl/α,β-unsaturated/α-hetero) is 1. The van der Waals surface area contributed by atoms with E-state index in [0.717, 1.165) is 49.3 Å². The molecule has 6 atom stereocenters. The summed E-state index contributed by atoms with van der Waals surface area (Å²) in [6, 6.07) is 0. The first-order valence-corrected chi connectivity index (χ1v) is 11.9. The van der Waals surface area contributed by atoms with Gasteiger partial charge in [-0.3, -0.25) is 9.59 Å². The first-order valence-electron chi connectivity index (χ1n) is 11.5. The van der Waals surface area contributed by atoms with Gasteiger partial charge >= 0.3 is 5.97 Å². The summed E-state index contributed by atoms with van der Waals surface area (Å²) in [7, 11) is 0. The van der Waals surface area contributed by atoms with Crippen LogP contribution < -0.4 is 0 Å². The summed E-state index contributed by atoms with van der Waals surface area (Å²) in [6.07, 6.45) is 8.55. The van der Waals surface area contributed by atoms with Crippen LogP contribution in [-0.2, 0) is 19.1 Å². The van der Waals surface area contributed by atoms with Crippen LogP contribution in [0.1, 0.15) is 79.6 Å². The fraction of sp³-hybridized carbons (Fsp3) is 0.760. The standard InChI is InChI=1S/C25H35ClO4/c1-6-29-17-7-10-23(4)19-8-11-24(5)20(18(19)14-22(26)21(23)13-17)9-12-25(24,15(2)27)30-16(3)28/h13,18-20H,6-12,14H2,1-5H3. The first kappa shape index (κ1) is 21.9. The Morgan fingerprint density at radius 2 is 1.83 bits per heavy atom. The Hall–Kier alpha value is -1.29. The van der Waals surface area contributed by atoms with Crippen molar-refractivity contribution in [1.82, 2.24) is 0 Å². The van der Waals surface area contributed by atoms with E-state index in [4.69, 9.17) is 21.1 Å². The monoisotopic (exact) mass is 434 g/mol. The van der Waals surface area contributed by atoms with E-state index in [1.807, 2.05) is 6.92 Å². The van der Waals surface area contributed by atoms with Crippen LogP contribution in [0.2, 0.25) is 0 Å². The van der Waals surface area contributed by atoms with Crippen LogP contribution in [0, 0.1) is 28.6 Å². The zero-order valence-corrected chi connectivity index (χ0v) is 19.7. The molecule has 0 saturated heterocycles. The van der Waals surface area contributed by atoms with Gasteiger partial charge in [-0.1, -0.05) is 25.4 Å². The molecule has 2 fully saturated rings. The van der Waals surface area contributed by atoms with Crippen LogP contribution in [-0.4, -0.2) is 24.0 Å². The van der Waals surface area contributed by atoms with Crippen LogP contribution in [0.15, 0.2) is 22.4 Å². The topological polar surface area (TPSA) is 52.6 Å². The first-order chi connectivity index (χ1) is 14.1. The molecule has 0 bridgehead atoms. The SMILES string of the molecule is CCOC1=CC2=C(Cl)CC3C(CCC4(C)C3CCC4(OC(C)=O)C(C)=O)C2(C)CC1. The van der Waals surface area contributed by atoms with Crippen molar-refractivity contribution >= 4 is 23.4 Å². The average Bonchev–Trinajstić information content (AvgIpc) is 2.96. The fourth-order valence-electron chi connectivity index (χ4n) is 7.73. The van der Waals surface area contributed by atoms with Crippen molar-refractivity contribution in [1.29, 1.82) is 0 Å². The van der Waals surface area contributed by atoms with E-state index >= 15 is 0 Å². The Balaban J connectivity index is 1.72. The maximum atomic E-state index is 12.8. The molecule has 4 rings (SSSR count). The lowest BCUT2D eigenvalue weighted by molar-refractivity contribution is -0.186. The van der Waals surface area contributed by atoms with Crippen molar-refractivity contribution in [3.8, 4) is 0 Å². The van der Waals surface area contributed by atoms with E-state index in [9.17, 15) is 9.59 Å². The van der Waals surface area contributed by atoms with Gasteiger partial charge in [0.05, 0.1) is 12.4 Å². The largest absolute Gasteiger partial charge is 0.498 e. The third kappa shape index (κ3) is 2.92. The van der Waals surface area contributed by atoms with Gasteiger partial charge in [0.15, 0.2) is 11.4 Å². The lowest BCUT2D eigenvalue weighted by atomic mass is 9.47. The highest BCUT2D eigenvalue weighted by Gasteiger charge is 2.67. The molecule has 0 aromatic heterocycles. The highest BCUT2D eigenvalue weighted by Crippen LogP contribution is 2.68. The normalized spacial score (nSPS) is 42.6. The van der Waals surface area contributed by atoms with E-state index in [1.165, 1.54) is 12.5 Å². The molecule has 4 aliphatic carbocycles. The van der Waals surface area contributed by atoms with E-state index in [0.29, 0.717) is 30.8 Å². The van der Waals surface area contributed by atoms with Crippen LogP contribution in [0.5, 0.6) is 0 Å². The van der Waals surface area contributed by atoms with Gasteiger partial charge in [-0.05, 0) is 87.2 Å². The van der Waals surface area contributed by atoms with E-state index < -0.39 is 5.60 Å². The second-order valence-electron chi connectivity index (χ2n) is 10.3. The quantitative estimate of drug-likeness (QED) is 0.514. The van der Waals surface area contributed by atoms with Gasteiger partial charge in [-0.2, -0.15) is 0 Å². The Bertz CT molecular complexity index is 829.